The standard InChI is InChI=1S/C45H52BrN3O8S/c1-44(2)34-24-23-32(46)29-37(34)49(26-14-13-21-40(50)47-35(43(53)54)30-41(51)52)38(44)19-9-7-6-8-10-20-39-45(3,4)42-33-18-12-11-17-31(33)22-25-36(42)48(39)27-15-16-28-58-57-56-55-5/h6-12,17-20,22-25,29,35H,13-16,21,26-28,30H2,1-5H3,(H2-,47,50,51,52,53,54)/p+1. The summed E-state index contributed by atoms with van der Waals surface area (Å²) in [5.41, 5.74) is 6.76. The van der Waals surface area contributed by atoms with Crippen molar-refractivity contribution in [3.8, 4) is 0 Å². The van der Waals surface area contributed by atoms with Crippen LogP contribution in [0.2, 0.25) is 0 Å². The van der Waals surface area contributed by atoms with E-state index in [1.54, 1.807) is 0 Å². The molecule has 2 aliphatic heterocycles. The van der Waals surface area contributed by atoms with Crippen molar-refractivity contribution in [2.24, 2.45) is 0 Å². The molecule has 3 N–H and O–H groups in total. The first-order valence-corrected chi connectivity index (χ1v) is 21.2. The van der Waals surface area contributed by atoms with Gasteiger partial charge >= 0.3 is 11.9 Å². The number of benzene rings is 3. The molecule has 0 bridgehead atoms. The lowest BCUT2D eigenvalue weighted by atomic mass is 9.79. The van der Waals surface area contributed by atoms with Gasteiger partial charge in [-0.05, 0) is 73.7 Å². The number of amides is 1. The number of carboxylic acids is 2. The lowest BCUT2D eigenvalue weighted by Crippen LogP contribution is -2.42. The maximum atomic E-state index is 12.5. The molecule has 1 atom stereocenters. The minimum atomic E-state index is -1.45. The molecule has 0 spiro atoms. The molecule has 1 amide bonds. The van der Waals surface area contributed by atoms with Crippen molar-refractivity contribution in [1.82, 2.24) is 5.32 Å². The summed E-state index contributed by atoms with van der Waals surface area (Å²) in [6, 6.07) is 17.9. The highest BCUT2D eigenvalue weighted by Crippen LogP contribution is 2.49. The van der Waals surface area contributed by atoms with Crippen LogP contribution in [0.4, 0.5) is 11.4 Å². The molecule has 5 rings (SSSR count). The number of anilines is 1. The van der Waals surface area contributed by atoms with Gasteiger partial charge in [0.1, 0.15) is 12.6 Å². The minimum absolute atomic E-state index is 0.0970. The average molecular weight is 876 g/mol. The van der Waals surface area contributed by atoms with Crippen molar-refractivity contribution in [2.75, 3.05) is 30.9 Å². The quantitative estimate of drug-likeness (QED) is 0.0237. The van der Waals surface area contributed by atoms with Gasteiger partial charge in [0.05, 0.1) is 18.9 Å². The molecule has 11 nitrogen and oxygen atoms in total. The number of fused-ring (bicyclic) bond motifs is 4. The van der Waals surface area contributed by atoms with Crippen LogP contribution >= 0.6 is 28.0 Å². The number of allylic oxidation sites excluding steroid dienone is 8. The van der Waals surface area contributed by atoms with Crippen molar-refractivity contribution in [3.63, 3.8) is 0 Å². The van der Waals surface area contributed by atoms with Gasteiger partial charge in [0, 0.05) is 76.2 Å². The Morgan fingerprint density at radius 1 is 0.931 bits per heavy atom. The summed E-state index contributed by atoms with van der Waals surface area (Å²) in [4.78, 5) is 41.7. The van der Waals surface area contributed by atoms with Crippen LogP contribution in [0.3, 0.4) is 0 Å². The Hall–Kier alpha value is -4.53. The molecule has 0 aromatic heterocycles. The van der Waals surface area contributed by atoms with Crippen molar-refractivity contribution in [1.29, 1.82) is 0 Å². The van der Waals surface area contributed by atoms with Crippen LogP contribution < -0.4 is 10.2 Å². The van der Waals surface area contributed by atoms with E-state index in [2.05, 4.69) is 147 Å². The minimum Gasteiger partial charge on any atom is -0.481 e. The van der Waals surface area contributed by atoms with Crippen LogP contribution in [-0.2, 0) is 39.5 Å². The van der Waals surface area contributed by atoms with E-state index in [-0.39, 0.29) is 17.3 Å². The van der Waals surface area contributed by atoms with Gasteiger partial charge in [-0.3, -0.25) is 9.59 Å². The third kappa shape index (κ3) is 10.7. The molecular formula is C45H53BrN3O8S+. The monoisotopic (exact) mass is 874 g/mol. The van der Waals surface area contributed by atoms with E-state index in [1.807, 2.05) is 18.2 Å². The summed E-state index contributed by atoms with van der Waals surface area (Å²) in [6.45, 7) is 10.5. The number of carbonyl (C=O) groups excluding carboxylic acids is 1. The molecule has 0 fully saturated rings. The predicted octanol–water partition coefficient (Wildman–Crippen LogP) is 9.48. The van der Waals surface area contributed by atoms with E-state index in [9.17, 15) is 19.5 Å². The molecule has 0 aliphatic carbocycles. The lowest BCUT2D eigenvalue weighted by molar-refractivity contribution is -0.447. The van der Waals surface area contributed by atoms with Crippen LogP contribution in [0.5, 0.6) is 0 Å². The van der Waals surface area contributed by atoms with Crippen molar-refractivity contribution in [2.45, 2.75) is 83.1 Å². The van der Waals surface area contributed by atoms with Gasteiger partial charge in [-0.15, -0.1) is 4.33 Å². The van der Waals surface area contributed by atoms with Crippen LogP contribution in [-0.4, -0.2) is 70.3 Å². The summed E-state index contributed by atoms with van der Waals surface area (Å²) < 4.78 is 8.35. The Bertz CT molecular complexity index is 2140. The van der Waals surface area contributed by atoms with E-state index in [0.717, 1.165) is 41.0 Å². The van der Waals surface area contributed by atoms with Gasteiger partial charge in [-0.2, -0.15) is 4.58 Å². The Balaban J connectivity index is 1.29. The number of nitrogens with zero attached hydrogens (tertiary/aromatic N) is 2. The third-order valence-electron chi connectivity index (χ3n) is 10.6. The summed E-state index contributed by atoms with van der Waals surface area (Å²) in [5.74, 6) is -2.35. The number of hydrogen-bond donors (Lipinski definition) is 3. The lowest BCUT2D eigenvalue weighted by Gasteiger charge is -2.27. The molecule has 308 valence electrons. The largest absolute Gasteiger partial charge is 0.481 e. The predicted molar refractivity (Wildman–Crippen MR) is 233 cm³/mol. The normalized spacial score (nSPS) is 16.9. The zero-order chi connectivity index (χ0) is 41.9. The van der Waals surface area contributed by atoms with Crippen molar-refractivity contribution >= 4 is 73.7 Å². The molecule has 0 saturated carbocycles. The molecule has 58 heavy (non-hydrogen) atoms. The Morgan fingerprint density at radius 2 is 1.69 bits per heavy atom. The van der Waals surface area contributed by atoms with Crippen LogP contribution in [0.1, 0.15) is 77.3 Å². The molecule has 2 aliphatic rings. The second kappa shape index (κ2) is 20.4. The van der Waals surface area contributed by atoms with Crippen LogP contribution in [0, 0.1) is 0 Å². The van der Waals surface area contributed by atoms with Gasteiger partial charge < -0.3 is 20.4 Å². The highest BCUT2D eigenvalue weighted by molar-refractivity contribution is 9.10. The fourth-order valence-electron chi connectivity index (χ4n) is 7.87. The topological polar surface area (TPSA) is 138 Å². The Kier molecular flexibility index (Phi) is 15.7. The Labute approximate surface area is 353 Å². The van der Waals surface area contributed by atoms with Gasteiger partial charge in [-0.25, -0.2) is 9.68 Å². The number of carboxylic acid groups (broad SMARTS) is 2. The maximum Gasteiger partial charge on any atom is 0.326 e. The maximum absolute atomic E-state index is 12.5. The molecular weight excluding hydrogens is 822 g/mol. The number of nitrogens with one attached hydrogen (secondary N) is 1. The van der Waals surface area contributed by atoms with Gasteiger partial charge in [0.15, 0.2) is 5.71 Å². The summed E-state index contributed by atoms with van der Waals surface area (Å²) in [6.07, 6.45) is 17.2. The molecule has 2 heterocycles. The molecule has 0 saturated heterocycles. The average Bonchev–Trinajstić information content (AvgIpc) is 3.52. The number of rotatable bonds is 21. The van der Waals surface area contributed by atoms with Crippen LogP contribution in [0.25, 0.3) is 10.8 Å². The number of aliphatic carboxylic acids is 2. The fourth-order valence-corrected chi connectivity index (χ4v) is 8.71. The fraction of sp³-hybridized carbons (Fsp3) is 0.378. The first-order chi connectivity index (χ1) is 27.8. The second-order valence-corrected chi connectivity index (χ2v) is 17.0. The molecule has 1 unspecified atom stereocenters. The van der Waals surface area contributed by atoms with Gasteiger partial charge in [0.2, 0.25) is 11.6 Å². The van der Waals surface area contributed by atoms with Gasteiger partial charge in [0.25, 0.3) is 0 Å². The molecule has 13 heteroatoms. The van der Waals surface area contributed by atoms with E-state index in [0.29, 0.717) is 19.4 Å². The molecule has 0 radical (unpaired) electrons. The first-order valence-electron chi connectivity index (χ1n) is 19.5. The number of carbonyl (C=O) groups is 3. The SMILES string of the molecule is COOOSCCCC[N+]1=C(/C=C/C=C/C=C/C=C2/N(CCCCC(=O)NC(CC(=O)O)C(=O)O)c3cc(Br)ccc3C2(C)C)C(C)(C)c2c1ccc1ccccc21. The smallest absolute Gasteiger partial charge is 0.326 e. The highest BCUT2D eigenvalue weighted by Gasteiger charge is 2.45. The number of hydrogen-bond acceptors (Lipinski definition) is 8. The number of unbranched alkanes of at least 4 members (excludes halogenated alkanes) is 2. The summed E-state index contributed by atoms with van der Waals surface area (Å²) in [7, 11) is 1.41. The van der Waals surface area contributed by atoms with E-state index in [1.165, 1.54) is 52.5 Å². The molecule has 3 aromatic rings. The van der Waals surface area contributed by atoms with E-state index < -0.39 is 30.3 Å². The summed E-state index contributed by atoms with van der Waals surface area (Å²) >= 11 is 4.87. The van der Waals surface area contributed by atoms with Crippen molar-refractivity contribution in [3.05, 3.63) is 118 Å². The van der Waals surface area contributed by atoms with Crippen molar-refractivity contribution < 1.29 is 43.4 Å². The second-order valence-electron chi connectivity index (χ2n) is 15.3. The zero-order valence-corrected chi connectivity index (χ0v) is 36.1. The summed E-state index contributed by atoms with van der Waals surface area (Å²) in [5, 5.41) is 27.6. The first kappa shape index (κ1) is 44.6. The van der Waals surface area contributed by atoms with E-state index >= 15 is 0 Å². The highest BCUT2D eigenvalue weighted by atomic mass is 79.9. The third-order valence-corrected chi connectivity index (χ3v) is 11.7. The zero-order valence-electron chi connectivity index (χ0n) is 33.7. The Morgan fingerprint density at radius 3 is 2.45 bits per heavy atom. The molecule has 3 aromatic carbocycles. The van der Waals surface area contributed by atoms with E-state index in [4.69, 9.17) is 9.44 Å². The van der Waals surface area contributed by atoms with Crippen LogP contribution in [0.15, 0.2) is 107 Å². The number of halogens is 1. The van der Waals surface area contributed by atoms with Gasteiger partial charge in [-0.1, -0.05) is 95.5 Å².